The van der Waals surface area contributed by atoms with Crippen molar-refractivity contribution in [3.63, 3.8) is 0 Å². The van der Waals surface area contributed by atoms with Crippen LogP contribution in [0.3, 0.4) is 0 Å². The van der Waals surface area contributed by atoms with Gasteiger partial charge in [-0.25, -0.2) is 4.39 Å². The highest BCUT2D eigenvalue weighted by atomic mass is 19.1. The van der Waals surface area contributed by atoms with Crippen LogP contribution < -0.4 is 10.1 Å². The Hall–Kier alpha value is -1.13. The lowest BCUT2D eigenvalue weighted by Gasteiger charge is -2.26. The Kier molecular flexibility index (Phi) is 4.77. The maximum absolute atomic E-state index is 13.9. The lowest BCUT2D eigenvalue weighted by Crippen LogP contribution is -2.28. The number of likely N-dealkylation sites (tertiary alicyclic amines) is 1. The van der Waals surface area contributed by atoms with Crippen molar-refractivity contribution in [3.8, 4) is 5.75 Å². The van der Waals surface area contributed by atoms with Crippen molar-refractivity contribution in [2.75, 3.05) is 33.8 Å². The third-order valence-electron chi connectivity index (χ3n) is 3.95. The van der Waals surface area contributed by atoms with Gasteiger partial charge in [0.15, 0.2) is 11.6 Å². The van der Waals surface area contributed by atoms with E-state index < -0.39 is 0 Å². The lowest BCUT2D eigenvalue weighted by atomic mass is 9.93. The molecule has 4 heteroatoms. The highest BCUT2D eigenvalue weighted by Gasteiger charge is 2.32. The average molecular weight is 266 g/mol. The minimum atomic E-state index is -0.275. The molecule has 1 heterocycles. The maximum Gasteiger partial charge on any atom is 0.165 e. The predicted octanol–water partition coefficient (Wildman–Crippen LogP) is 2.44. The average Bonchev–Trinajstić information content (AvgIpc) is 2.77. The molecule has 3 nitrogen and oxygen atoms in total. The molecule has 1 aliphatic heterocycles. The highest BCUT2D eigenvalue weighted by Crippen LogP contribution is 2.36. The second-order valence-corrected chi connectivity index (χ2v) is 5.18. The summed E-state index contributed by atoms with van der Waals surface area (Å²) in [6.45, 7) is 5.14. The fraction of sp³-hybridized carbons (Fsp3) is 0.600. The second-order valence-electron chi connectivity index (χ2n) is 5.18. The van der Waals surface area contributed by atoms with Crippen LogP contribution >= 0.6 is 0 Å². The Balaban J connectivity index is 2.19. The van der Waals surface area contributed by atoms with E-state index in [1.807, 2.05) is 6.07 Å². The summed E-state index contributed by atoms with van der Waals surface area (Å²) in [5, 5.41) is 3.40. The molecule has 1 saturated heterocycles. The van der Waals surface area contributed by atoms with Gasteiger partial charge in [0.2, 0.25) is 0 Å². The van der Waals surface area contributed by atoms with Crippen LogP contribution in [-0.4, -0.2) is 38.7 Å². The molecule has 0 aromatic heterocycles. The number of nitrogens with one attached hydrogen (secondary N) is 1. The first-order chi connectivity index (χ1) is 9.17. The van der Waals surface area contributed by atoms with Crippen LogP contribution in [0.4, 0.5) is 4.39 Å². The number of benzene rings is 1. The number of hydrogen-bond acceptors (Lipinski definition) is 3. The molecular weight excluding hydrogens is 243 g/mol. The van der Waals surface area contributed by atoms with Crippen LogP contribution in [0.25, 0.3) is 0 Å². The molecule has 0 saturated carbocycles. The Labute approximate surface area is 114 Å². The van der Waals surface area contributed by atoms with Crippen LogP contribution in [0.15, 0.2) is 18.2 Å². The number of halogens is 1. The molecule has 106 valence electrons. The van der Waals surface area contributed by atoms with Crippen LogP contribution in [0, 0.1) is 11.7 Å². The van der Waals surface area contributed by atoms with Gasteiger partial charge in [0.1, 0.15) is 0 Å². The fourth-order valence-electron chi connectivity index (χ4n) is 2.96. The summed E-state index contributed by atoms with van der Waals surface area (Å²) in [6, 6.07) is 5.61. The van der Waals surface area contributed by atoms with Crippen molar-refractivity contribution in [1.82, 2.24) is 10.2 Å². The van der Waals surface area contributed by atoms with E-state index in [0.29, 0.717) is 17.7 Å². The quantitative estimate of drug-likeness (QED) is 0.886. The molecule has 1 aromatic carbocycles. The zero-order valence-corrected chi connectivity index (χ0v) is 11.9. The van der Waals surface area contributed by atoms with E-state index in [-0.39, 0.29) is 5.82 Å². The molecule has 1 fully saturated rings. The molecule has 0 amide bonds. The second kappa shape index (κ2) is 6.35. The van der Waals surface area contributed by atoms with E-state index in [9.17, 15) is 4.39 Å². The van der Waals surface area contributed by atoms with Gasteiger partial charge in [-0.05, 0) is 56.7 Å². The van der Waals surface area contributed by atoms with Gasteiger partial charge in [-0.15, -0.1) is 0 Å². The lowest BCUT2D eigenvalue weighted by molar-refractivity contribution is 0.271. The number of rotatable bonds is 5. The summed E-state index contributed by atoms with van der Waals surface area (Å²) >= 11 is 0. The van der Waals surface area contributed by atoms with Gasteiger partial charge in [0.05, 0.1) is 7.11 Å². The molecule has 19 heavy (non-hydrogen) atoms. The fourth-order valence-corrected chi connectivity index (χ4v) is 2.96. The normalized spacial score (nSPS) is 23.8. The van der Waals surface area contributed by atoms with E-state index in [4.69, 9.17) is 4.74 Å². The number of hydrogen-bond donors (Lipinski definition) is 1. The van der Waals surface area contributed by atoms with Gasteiger partial charge < -0.3 is 10.1 Å². The van der Waals surface area contributed by atoms with Gasteiger partial charge in [-0.3, -0.25) is 4.90 Å². The number of ether oxygens (including phenoxy) is 1. The zero-order chi connectivity index (χ0) is 13.8. The first-order valence-corrected chi connectivity index (χ1v) is 6.91. The minimum absolute atomic E-state index is 0.275. The summed E-state index contributed by atoms with van der Waals surface area (Å²) in [4.78, 5) is 2.31. The Morgan fingerprint density at radius 3 is 2.89 bits per heavy atom. The number of nitrogens with zero attached hydrogens (tertiary/aromatic N) is 1. The molecule has 2 atom stereocenters. The Morgan fingerprint density at radius 2 is 2.26 bits per heavy atom. The molecule has 1 N–H and O–H groups in total. The third-order valence-corrected chi connectivity index (χ3v) is 3.95. The summed E-state index contributed by atoms with van der Waals surface area (Å²) in [5.41, 5.74) is 1.04. The summed E-state index contributed by atoms with van der Waals surface area (Å²) < 4.78 is 18.8. The SMILES string of the molecule is CCNCC1CCN(C)C1c1ccc(OC)c(F)c1. The Morgan fingerprint density at radius 1 is 1.47 bits per heavy atom. The maximum atomic E-state index is 13.9. The predicted molar refractivity (Wildman–Crippen MR) is 75.0 cm³/mol. The minimum Gasteiger partial charge on any atom is -0.494 e. The van der Waals surface area contributed by atoms with Crippen LogP contribution in [0.1, 0.15) is 24.9 Å². The van der Waals surface area contributed by atoms with Gasteiger partial charge in [0, 0.05) is 6.04 Å². The summed E-state index contributed by atoms with van der Waals surface area (Å²) in [7, 11) is 3.60. The molecule has 2 rings (SSSR count). The van der Waals surface area contributed by atoms with Gasteiger partial charge in [-0.2, -0.15) is 0 Å². The van der Waals surface area contributed by atoms with Crippen molar-refractivity contribution < 1.29 is 9.13 Å². The van der Waals surface area contributed by atoms with Crippen molar-refractivity contribution in [1.29, 1.82) is 0 Å². The zero-order valence-electron chi connectivity index (χ0n) is 11.9. The standard InChI is InChI=1S/C15H23FN2O/c1-4-17-10-12-7-8-18(2)15(12)11-5-6-14(19-3)13(16)9-11/h5-6,9,12,15,17H,4,7-8,10H2,1-3H3. The highest BCUT2D eigenvalue weighted by molar-refractivity contribution is 5.32. The van der Waals surface area contributed by atoms with Crippen molar-refractivity contribution in [2.45, 2.75) is 19.4 Å². The van der Waals surface area contributed by atoms with Crippen LogP contribution in [0.5, 0.6) is 5.75 Å². The first-order valence-electron chi connectivity index (χ1n) is 6.91. The van der Waals surface area contributed by atoms with Gasteiger partial charge in [-0.1, -0.05) is 13.0 Å². The summed E-state index contributed by atoms with van der Waals surface area (Å²) in [6.07, 6.45) is 1.15. The van der Waals surface area contributed by atoms with Crippen LogP contribution in [-0.2, 0) is 0 Å². The van der Waals surface area contributed by atoms with Crippen molar-refractivity contribution >= 4 is 0 Å². The molecular formula is C15H23FN2O. The molecule has 1 aliphatic rings. The van der Waals surface area contributed by atoms with E-state index in [2.05, 4.69) is 24.2 Å². The smallest absolute Gasteiger partial charge is 0.165 e. The van der Waals surface area contributed by atoms with Gasteiger partial charge in [0.25, 0.3) is 0 Å². The van der Waals surface area contributed by atoms with E-state index in [0.717, 1.165) is 31.6 Å². The molecule has 0 aliphatic carbocycles. The molecule has 1 aromatic rings. The third kappa shape index (κ3) is 3.07. The molecule has 0 spiro atoms. The monoisotopic (exact) mass is 266 g/mol. The van der Waals surface area contributed by atoms with Gasteiger partial charge >= 0.3 is 0 Å². The molecule has 2 unspecified atom stereocenters. The number of methoxy groups -OCH3 is 1. The largest absolute Gasteiger partial charge is 0.494 e. The van der Waals surface area contributed by atoms with Crippen LogP contribution in [0.2, 0.25) is 0 Å². The Bertz CT molecular complexity index is 425. The first kappa shape index (κ1) is 14.3. The molecule has 0 radical (unpaired) electrons. The van der Waals surface area contributed by atoms with E-state index >= 15 is 0 Å². The topological polar surface area (TPSA) is 24.5 Å². The van der Waals surface area contributed by atoms with Crippen molar-refractivity contribution in [2.24, 2.45) is 5.92 Å². The van der Waals surface area contributed by atoms with E-state index in [1.54, 1.807) is 12.1 Å². The summed E-state index contributed by atoms with van der Waals surface area (Å²) in [5.74, 6) is 0.577. The van der Waals surface area contributed by atoms with Crippen molar-refractivity contribution in [3.05, 3.63) is 29.6 Å². The molecule has 0 bridgehead atoms. The van der Waals surface area contributed by atoms with E-state index in [1.165, 1.54) is 7.11 Å².